The van der Waals surface area contributed by atoms with E-state index in [1.807, 2.05) is 30.5 Å². The predicted octanol–water partition coefficient (Wildman–Crippen LogP) is 7.23. The number of H-pyrrole nitrogens is 2. The number of aromatic amines is 2. The van der Waals surface area contributed by atoms with E-state index in [1.165, 1.54) is 12.1 Å². The summed E-state index contributed by atoms with van der Waals surface area (Å²) in [5.41, 5.74) is -0.814. The molecule has 2 heterocycles. The average Bonchev–Trinajstić information content (AvgIpc) is 3.55. The molecular weight excluding hydrogens is 729 g/mol. The third-order valence-electron chi connectivity index (χ3n) is 9.88. The molecule has 5 rings (SSSR count). The number of fused-ring (bicyclic) bond motifs is 2. The van der Waals surface area contributed by atoms with Gasteiger partial charge in [-0.3, -0.25) is 19.2 Å². The minimum Gasteiger partial charge on any atom is -0.444 e. The first-order valence-corrected chi connectivity index (χ1v) is 19.2. The third-order valence-corrected chi connectivity index (χ3v) is 9.88. The zero-order chi connectivity index (χ0) is 40.5. The number of hydrogen-bond acceptors (Lipinski definition) is 6. The molecule has 0 radical (unpaired) electrons. The number of alkyl carbamates (subject to hydrolysis) is 1. The fourth-order valence-corrected chi connectivity index (χ4v) is 7.16. The van der Waals surface area contributed by atoms with Gasteiger partial charge in [0.25, 0.3) is 0 Å². The fourth-order valence-electron chi connectivity index (χ4n) is 7.16. The molecule has 302 valence electrons. The molecule has 4 amide bonds. The topological polar surface area (TPSA) is 174 Å². The van der Waals surface area contributed by atoms with Crippen LogP contribution in [0, 0.1) is 5.92 Å². The standard InChI is InChI=1S/C41H51F3N6O6/c1-40(2,3)56-39(55)45-20-10-9-15-32(37(53)47-27-17-18-29-30(41(42,43)44)23-36(52)48-33(29)22-27)50-38(54)34(21-25-11-5-4-6-12-25)49-35(51)19-16-26-24-46-31-14-8-7-13-28(26)31/h7-8,13-14,17-18,22-25,32,34,46H,4-6,9-12,15-16,19-21H2,1-3H3,(H,45,55)(H,47,53)(H,48,52)(H,49,51)(H,50,54). The summed E-state index contributed by atoms with van der Waals surface area (Å²) >= 11 is 0. The zero-order valence-electron chi connectivity index (χ0n) is 32.0. The summed E-state index contributed by atoms with van der Waals surface area (Å²) < 4.78 is 46.3. The van der Waals surface area contributed by atoms with E-state index in [1.54, 1.807) is 20.8 Å². The summed E-state index contributed by atoms with van der Waals surface area (Å²) in [6.45, 7) is 5.48. The number of carbonyl (C=O) groups is 4. The number of aryl methyl sites for hydroxylation is 1. The normalized spacial score (nSPS) is 14.9. The van der Waals surface area contributed by atoms with Gasteiger partial charge in [0.05, 0.1) is 11.1 Å². The molecule has 0 bridgehead atoms. The van der Waals surface area contributed by atoms with Gasteiger partial charge in [0.1, 0.15) is 17.7 Å². The summed E-state index contributed by atoms with van der Waals surface area (Å²) in [7, 11) is 0. The first kappa shape index (κ1) is 41.8. The summed E-state index contributed by atoms with van der Waals surface area (Å²) in [6.07, 6.45) is 3.47. The molecule has 2 unspecified atom stereocenters. The molecule has 0 spiro atoms. The number of alkyl halides is 3. The van der Waals surface area contributed by atoms with Gasteiger partial charge in [-0.1, -0.05) is 56.4 Å². The smallest absolute Gasteiger partial charge is 0.417 e. The lowest BCUT2D eigenvalue weighted by Crippen LogP contribution is -2.53. The molecule has 1 aliphatic rings. The number of nitrogens with one attached hydrogen (secondary N) is 6. The second-order valence-corrected chi connectivity index (χ2v) is 15.5. The highest BCUT2D eigenvalue weighted by Gasteiger charge is 2.34. The van der Waals surface area contributed by atoms with Gasteiger partial charge in [0, 0.05) is 47.2 Å². The lowest BCUT2D eigenvalue weighted by atomic mass is 9.84. The molecule has 4 aromatic rings. The third kappa shape index (κ3) is 12.1. The molecule has 15 heteroatoms. The lowest BCUT2D eigenvalue weighted by Gasteiger charge is -2.28. The number of carbonyl (C=O) groups excluding carboxylic acids is 4. The van der Waals surface area contributed by atoms with Gasteiger partial charge in [-0.15, -0.1) is 0 Å². The molecule has 0 saturated heterocycles. The molecule has 0 aliphatic heterocycles. The number of aromatic nitrogens is 2. The first-order valence-electron chi connectivity index (χ1n) is 19.2. The lowest BCUT2D eigenvalue weighted by molar-refractivity contribution is -0.136. The van der Waals surface area contributed by atoms with Crippen molar-refractivity contribution in [2.75, 3.05) is 11.9 Å². The Kier molecular flexibility index (Phi) is 13.8. The van der Waals surface area contributed by atoms with Crippen LogP contribution in [0.25, 0.3) is 21.8 Å². The van der Waals surface area contributed by atoms with E-state index in [-0.39, 0.29) is 47.8 Å². The van der Waals surface area contributed by atoms with Crippen molar-refractivity contribution >= 4 is 51.3 Å². The maximum absolute atomic E-state index is 14.1. The number of ether oxygens (including phenoxy) is 1. The quantitative estimate of drug-likeness (QED) is 0.0694. The van der Waals surface area contributed by atoms with Crippen molar-refractivity contribution < 1.29 is 37.1 Å². The number of halogens is 3. The Morgan fingerprint density at radius 3 is 2.36 bits per heavy atom. The van der Waals surface area contributed by atoms with Crippen LogP contribution in [-0.2, 0) is 31.7 Å². The highest BCUT2D eigenvalue weighted by Crippen LogP contribution is 2.34. The van der Waals surface area contributed by atoms with Crippen LogP contribution >= 0.6 is 0 Å². The Balaban J connectivity index is 1.31. The van der Waals surface area contributed by atoms with E-state index in [0.717, 1.165) is 54.6 Å². The summed E-state index contributed by atoms with van der Waals surface area (Å²) in [6, 6.07) is 9.92. The highest BCUT2D eigenvalue weighted by molar-refractivity contribution is 6.00. The van der Waals surface area contributed by atoms with Gasteiger partial charge < -0.3 is 36.0 Å². The minimum absolute atomic E-state index is 0.104. The summed E-state index contributed by atoms with van der Waals surface area (Å²) in [4.78, 5) is 71.0. The molecule has 1 fully saturated rings. The Labute approximate surface area is 323 Å². The van der Waals surface area contributed by atoms with Crippen LogP contribution in [0.1, 0.15) is 96.1 Å². The first-order chi connectivity index (χ1) is 26.6. The number of amides is 4. The van der Waals surface area contributed by atoms with E-state index in [0.29, 0.717) is 31.7 Å². The van der Waals surface area contributed by atoms with E-state index in [9.17, 15) is 37.1 Å². The van der Waals surface area contributed by atoms with Crippen LogP contribution in [0.2, 0.25) is 0 Å². The highest BCUT2D eigenvalue weighted by atomic mass is 19.4. The number of hydrogen-bond donors (Lipinski definition) is 6. The van der Waals surface area contributed by atoms with Gasteiger partial charge in [0.2, 0.25) is 23.3 Å². The SMILES string of the molecule is CC(C)(C)OC(=O)NCCCCC(NC(=O)C(CC1CCCCC1)NC(=O)CCc1c[nH]c2ccccc12)C(=O)Nc1ccc2c(C(F)(F)F)cc(=O)[nH]c2c1. The Bertz CT molecular complexity index is 2060. The second-order valence-electron chi connectivity index (χ2n) is 15.5. The Morgan fingerprint density at radius 2 is 1.62 bits per heavy atom. The maximum Gasteiger partial charge on any atom is 0.417 e. The predicted molar refractivity (Wildman–Crippen MR) is 208 cm³/mol. The monoisotopic (exact) mass is 780 g/mol. The number of pyridine rings is 1. The largest absolute Gasteiger partial charge is 0.444 e. The van der Waals surface area contributed by atoms with Gasteiger partial charge in [0.15, 0.2) is 0 Å². The van der Waals surface area contributed by atoms with Crippen LogP contribution in [0.15, 0.2) is 59.5 Å². The minimum atomic E-state index is -4.77. The molecule has 1 aliphatic carbocycles. The van der Waals surface area contributed by atoms with Crippen molar-refractivity contribution in [2.45, 2.75) is 115 Å². The van der Waals surface area contributed by atoms with Gasteiger partial charge >= 0.3 is 12.3 Å². The number of rotatable bonds is 15. The Morgan fingerprint density at radius 1 is 0.875 bits per heavy atom. The van der Waals surface area contributed by atoms with Gasteiger partial charge in [-0.2, -0.15) is 13.2 Å². The molecular formula is C41H51F3N6O6. The molecule has 56 heavy (non-hydrogen) atoms. The van der Waals surface area contributed by atoms with Gasteiger partial charge in [-0.05, 0) is 82.6 Å². The second kappa shape index (κ2) is 18.5. The van der Waals surface area contributed by atoms with E-state index < -0.39 is 52.9 Å². The zero-order valence-corrected chi connectivity index (χ0v) is 32.0. The molecule has 12 nitrogen and oxygen atoms in total. The van der Waals surface area contributed by atoms with Crippen molar-refractivity contribution in [3.63, 3.8) is 0 Å². The summed E-state index contributed by atoms with van der Waals surface area (Å²) in [5, 5.41) is 11.9. The van der Waals surface area contributed by atoms with E-state index >= 15 is 0 Å². The van der Waals surface area contributed by atoms with E-state index in [2.05, 4.69) is 31.2 Å². The van der Waals surface area contributed by atoms with Crippen LogP contribution in [0.5, 0.6) is 0 Å². The van der Waals surface area contributed by atoms with Crippen molar-refractivity contribution in [2.24, 2.45) is 5.92 Å². The molecule has 6 N–H and O–H groups in total. The van der Waals surface area contributed by atoms with Crippen LogP contribution in [0.3, 0.4) is 0 Å². The van der Waals surface area contributed by atoms with Crippen molar-refractivity contribution in [3.05, 3.63) is 76.2 Å². The maximum atomic E-state index is 14.1. The number of anilines is 1. The van der Waals surface area contributed by atoms with Crippen LogP contribution < -0.4 is 26.8 Å². The molecule has 1 saturated carbocycles. The van der Waals surface area contributed by atoms with Gasteiger partial charge in [-0.25, -0.2) is 4.79 Å². The molecule has 2 aromatic heterocycles. The molecule has 2 atom stereocenters. The average molecular weight is 781 g/mol. The van der Waals surface area contributed by atoms with E-state index in [4.69, 9.17) is 4.74 Å². The number of unbranched alkanes of at least 4 members (excludes halogenated alkanes) is 1. The Hall–Kier alpha value is -5.34. The summed E-state index contributed by atoms with van der Waals surface area (Å²) in [5.74, 6) is -1.26. The van der Waals surface area contributed by atoms with Crippen LogP contribution in [0.4, 0.5) is 23.7 Å². The van der Waals surface area contributed by atoms with Crippen molar-refractivity contribution in [1.29, 1.82) is 0 Å². The van der Waals surface area contributed by atoms with Crippen molar-refractivity contribution in [3.8, 4) is 0 Å². The number of para-hydroxylation sites is 1. The number of benzene rings is 2. The molecule has 2 aromatic carbocycles. The van der Waals surface area contributed by atoms with Crippen molar-refractivity contribution in [1.82, 2.24) is 25.9 Å². The fraction of sp³-hybridized carbons (Fsp3) is 0.488. The van der Waals surface area contributed by atoms with Crippen LogP contribution in [-0.4, -0.2) is 58.0 Å².